The number of rotatable bonds is 0. The van der Waals surface area contributed by atoms with Crippen LogP contribution in [-0.4, -0.2) is 25.2 Å². The van der Waals surface area contributed by atoms with Crippen molar-refractivity contribution in [1.82, 2.24) is 0 Å². The number of nitrogens with zero attached hydrogens (tertiary/aromatic N) is 1. The van der Waals surface area contributed by atoms with Crippen LogP contribution in [0.4, 0.5) is 0 Å². The van der Waals surface area contributed by atoms with Crippen LogP contribution in [0.1, 0.15) is 6.42 Å². The first-order chi connectivity index (χ1) is 5.70. The van der Waals surface area contributed by atoms with Crippen molar-refractivity contribution >= 4 is 54.0 Å². The van der Waals surface area contributed by atoms with Crippen LogP contribution in [0.2, 0.25) is 0 Å². The van der Waals surface area contributed by atoms with Gasteiger partial charge in [-0.25, -0.2) is 0 Å². The summed E-state index contributed by atoms with van der Waals surface area (Å²) in [7, 11) is 0. The van der Waals surface area contributed by atoms with Crippen molar-refractivity contribution in [1.29, 1.82) is 0 Å². The minimum Gasteiger partial charge on any atom is -0.290 e. The SMILES string of the molecule is O=C1C(Br)CC(Br)=[N+]2C=CSC12. The van der Waals surface area contributed by atoms with E-state index < -0.39 is 0 Å². The molecule has 0 aromatic rings. The predicted molar refractivity (Wildman–Crippen MR) is 57.1 cm³/mol. The number of fused-ring (bicyclic) bond motifs is 1. The van der Waals surface area contributed by atoms with Crippen LogP contribution in [0.25, 0.3) is 0 Å². The maximum absolute atomic E-state index is 11.6. The number of alkyl halides is 1. The number of halogens is 2. The van der Waals surface area contributed by atoms with E-state index in [1.165, 1.54) is 0 Å². The molecule has 0 saturated heterocycles. The van der Waals surface area contributed by atoms with E-state index in [0.717, 1.165) is 11.0 Å². The fourth-order valence-corrected chi connectivity index (χ4v) is 4.17. The summed E-state index contributed by atoms with van der Waals surface area (Å²) >= 11 is 8.38. The highest BCUT2D eigenvalue weighted by Gasteiger charge is 2.42. The summed E-state index contributed by atoms with van der Waals surface area (Å²) in [5.74, 6) is 0.258. The summed E-state index contributed by atoms with van der Waals surface area (Å²) < 4.78 is 3.06. The second kappa shape index (κ2) is 3.27. The highest BCUT2D eigenvalue weighted by atomic mass is 79.9. The van der Waals surface area contributed by atoms with Crippen LogP contribution in [0.3, 0.4) is 0 Å². The molecule has 2 rings (SSSR count). The fourth-order valence-electron chi connectivity index (χ4n) is 1.24. The van der Waals surface area contributed by atoms with Gasteiger partial charge in [-0.2, -0.15) is 4.58 Å². The van der Waals surface area contributed by atoms with Gasteiger partial charge in [-0.05, 0) is 11.8 Å². The van der Waals surface area contributed by atoms with E-state index >= 15 is 0 Å². The number of hydrogen-bond acceptors (Lipinski definition) is 2. The third kappa shape index (κ3) is 1.32. The van der Waals surface area contributed by atoms with Crippen LogP contribution < -0.4 is 0 Å². The van der Waals surface area contributed by atoms with Crippen molar-refractivity contribution in [3.05, 3.63) is 11.6 Å². The number of ketones is 1. The van der Waals surface area contributed by atoms with Crippen molar-refractivity contribution < 1.29 is 9.37 Å². The molecule has 0 saturated carbocycles. The molecule has 0 aliphatic carbocycles. The Morgan fingerprint density at radius 3 is 3.17 bits per heavy atom. The van der Waals surface area contributed by atoms with Crippen LogP contribution >= 0.6 is 43.6 Å². The number of hydrogen-bond donors (Lipinski definition) is 0. The summed E-state index contributed by atoms with van der Waals surface area (Å²) in [5, 5.41) is 1.91. The Bertz CT molecular complexity index is 300. The van der Waals surface area contributed by atoms with Gasteiger partial charge < -0.3 is 0 Å². The molecular weight excluding hydrogens is 306 g/mol. The normalized spacial score (nSPS) is 34.3. The lowest BCUT2D eigenvalue weighted by Crippen LogP contribution is -2.39. The minimum atomic E-state index is -0.0440. The third-order valence-corrected chi connectivity index (χ3v) is 4.37. The number of Topliss-reactive ketones (excluding diaryl/α,β-unsaturated/α-hetero) is 1. The minimum absolute atomic E-state index is 0.0273. The van der Waals surface area contributed by atoms with Gasteiger partial charge in [0.15, 0.2) is 6.20 Å². The molecule has 0 spiro atoms. The molecule has 2 heterocycles. The maximum Gasteiger partial charge on any atom is 0.268 e. The molecule has 2 atom stereocenters. The Morgan fingerprint density at radius 2 is 2.42 bits per heavy atom. The molecule has 2 nitrogen and oxygen atoms in total. The Hall–Kier alpha value is 0.390. The summed E-state index contributed by atoms with van der Waals surface area (Å²) in [6.07, 6.45) is 2.69. The van der Waals surface area contributed by atoms with Gasteiger partial charge in [0.1, 0.15) is 0 Å². The quantitative estimate of drug-likeness (QED) is 0.504. The molecule has 2 aliphatic heterocycles. The van der Waals surface area contributed by atoms with E-state index in [0.29, 0.717) is 0 Å². The van der Waals surface area contributed by atoms with Gasteiger partial charge in [0.25, 0.3) is 5.37 Å². The van der Waals surface area contributed by atoms with Crippen molar-refractivity contribution in [2.45, 2.75) is 16.6 Å². The summed E-state index contributed by atoms with van der Waals surface area (Å²) in [5.41, 5.74) is 0. The Morgan fingerprint density at radius 1 is 1.67 bits per heavy atom. The number of carbonyl (C=O) groups excluding carboxylic acids is 1. The molecule has 5 heteroatoms. The molecule has 12 heavy (non-hydrogen) atoms. The van der Waals surface area contributed by atoms with E-state index in [4.69, 9.17) is 0 Å². The first-order valence-corrected chi connectivity index (χ1v) is 6.15. The second-order valence-electron chi connectivity index (χ2n) is 2.63. The van der Waals surface area contributed by atoms with Gasteiger partial charge in [0, 0.05) is 21.3 Å². The fraction of sp³-hybridized carbons (Fsp3) is 0.429. The molecule has 2 aliphatic rings. The third-order valence-electron chi connectivity index (χ3n) is 1.86. The maximum atomic E-state index is 11.6. The van der Waals surface area contributed by atoms with Crippen LogP contribution in [0.5, 0.6) is 0 Å². The van der Waals surface area contributed by atoms with Gasteiger partial charge in [0.2, 0.25) is 10.4 Å². The average molecular weight is 312 g/mol. The molecule has 0 aromatic heterocycles. The van der Waals surface area contributed by atoms with E-state index in [1.807, 2.05) is 16.2 Å². The summed E-state index contributed by atoms with van der Waals surface area (Å²) in [4.78, 5) is 11.5. The van der Waals surface area contributed by atoms with Crippen molar-refractivity contribution in [3.63, 3.8) is 0 Å². The van der Waals surface area contributed by atoms with Crippen LogP contribution in [0.15, 0.2) is 11.6 Å². The Kier molecular flexibility index (Phi) is 2.44. The molecule has 0 radical (unpaired) electrons. The second-order valence-corrected chi connectivity index (χ2v) is 5.64. The standard InChI is InChI=1S/C7H6Br2NOS/c8-4-3-5(9)10-1-2-12-7(10)6(4)11/h1-2,4,7H,3H2/q+1. The average Bonchev–Trinajstić information content (AvgIpc) is 2.48. The molecule has 0 amide bonds. The van der Waals surface area contributed by atoms with E-state index in [1.54, 1.807) is 11.8 Å². The lowest BCUT2D eigenvalue weighted by Gasteiger charge is -2.16. The molecule has 64 valence electrons. The topological polar surface area (TPSA) is 20.1 Å². The van der Waals surface area contributed by atoms with Crippen LogP contribution in [-0.2, 0) is 4.79 Å². The summed E-state index contributed by atoms with van der Waals surface area (Å²) in [6.45, 7) is 0. The number of thioether (sulfide) groups is 1. The first kappa shape index (κ1) is 8.97. The lowest BCUT2D eigenvalue weighted by atomic mass is 10.2. The highest BCUT2D eigenvalue weighted by Crippen LogP contribution is 2.31. The van der Waals surface area contributed by atoms with Gasteiger partial charge in [0.05, 0.1) is 11.2 Å². The monoisotopic (exact) mass is 310 g/mol. The highest BCUT2D eigenvalue weighted by molar-refractivity contribution is 9.18. The van der Waals surface area contributed by atoms with Gasteiger partial charge in [-0.3, -0.25) is 4.79 Å². The summed E-state index contributed by atoms with van der Waals surface area (Å²) in [6, 6.07) is 0. The van der Waals surface area contributed by atoms with E-state index in [9.17, 15) is 4.79 Å². The predicted octanol–water partition coefficient (Wildman–Crippen LogP) is 2.07. The van der Waals surface area contributed by atoms with E-state index in [2.05, 4.69) is 31.9 Å². The lowest BCUT2D eigenvalue weighted by molar-refractivity contribution is -0.455. The van der Waals surface area contributed by atoms with Gasteiger partial charge >= 0.3 is 0 Å². The van der Waals surface area contributed by atoms with Gasteiger partial charge in [-0.1, -0.05) is 15.9 Å². The largest absolute Gasteiger partial charge is 0.290 e. The molecule has 0 N–H and O–H groups in total. The molecule has 2 unspecified atom stereocenters. The van der Waals surface area contributed by atoms with Crippen molar-refractivity contribution in [2.75, 3.05) is 0 Å². The zero-order chi connectivity index (χ0) is 8.72. The molecular formula is C7H6Br2NOS+. The molecule has 0 aromatic carbocycles. The van der Waals surface area contributed by atoms with Gasteiger partial charge in [-0.15, -0.1) is 0 Å². The zero-order valence-corrected chi connectivity index (χ0v) is 10.0. The molecule has 0 bridgehead atoms. The zero-order valence-electron chi connectivity index (χ0n) is 6.04. The molecule has 0 fully saturated rings. The smallest absolute Gasteiger partial charge is 0.268 e. The Labute approximate surface area is 91.4 Å². The van der Waals surface area contributed by atoms with Crippen LogP contribution in [0, 0.1) is 0 Å². The first-order valence-electron chi connectivity index (χ1n) is 3.50. The van der Waals surface area contributed by atoms with Crippen molar-refractivity contribution in [2.24, 2.45) is 0 Å². The van der Waals surface area contributed by atoms with Crippen molar-refractivity contribution in [3.8, 4) is 0 Å². The van der Waals surface area contributed by atoms with E-state index in [-0.39, 0.29) is 16.0 Å². The number of carbonyl (C=O) groups is 1. The Balaban J connectivity index is 2.40.